The number of carbonyl (C=O) groups excluding carboxylic acids is 1. The number of unbranched alkanes of at least 4 members (excludes halogenated alkanes) is 2. The summed E-state index contributed by atoms with van der Waals surface area (Å²) in [5.41, 5.74) is 7.47. The summed E-state index contributed by atoms with van der Waals surface area (Å²) in [5, 5.41) is 2.96. The summed E-state index contributed by atoms with van der Waals surface area (Å²) in [4.78, 5) is 14.4. The highest BCUT2D eigenvalue weighted by molar-refractivity contribution is 5.92. The van der Waals surface area contributed by atoms with Crippen LogP contribution in [0.25, 0.3) is 0 Å². The van der Waals surface area contributed by atoms with Crippen molar-refractivity contribution in [3.05, 3.63) is 29.8 Å². The van der Waals surface area contributed by atoms with E-state index in [1.165, 1.54) is 0 Å². The van der Waals surface area contributed by atoms with Crippen molar-refractivity contribution < 1.29 is 4.79 Å². The first-order valence-corrected chi connectivity index (χ1v) is 8.00. The van der Waals surface area contributed by atoms with Crippen LogP contribution in [0.15, 0.2) is 24.3 Å². The molecule has 4 nitrogen and oxygen atoms in total. The Morgan fingerprint density at radius 2 is 1.67 bits per heavy atom. The zero-order chi connectivity index (χ0) is 15.5. The topological polar surface area (TPSA) is 58.4 Å². The molecule has 3 N–H and O–H groups in total. The molecule has 0 unspecified atom stereocenters. The van der Waals surface area contributed by atoms with E-state index in [-0.39, 0.29) is 5.91 Å². The molecule has 0 aliphatic rings. The number of hydrogen-bond acceptors (Lipinski definition) is 3. The lowest BCUT2D eigenvalue weighted by Crippen LogP contribution is -2.34. The van der Waals surface area contributed by atoms with Crippen molar-refractivity contribution in [2.24, 2.45) is 5.73 Å². The Balaban J connectivity index is 2.47. The van der Waals surface area contributed by atoms with Crippen LogP contribution in [0.1, 0.15) is 45.1 Å². The fourth-order valence-corrected chi connectivity index (χ4v) is 2.16. The third kappa shape index (κ3) is 7.25. The number of benzene rings is 1. The van der Waals surface area contributed by atoms with Gasteiger partial charge in [-0.25, -0.2) is 0 Å². The largest absolute Gasteiger partial charge is 0.326 e. The summed E-state index contributed by atoms with van der Waals surface area (Å²) in [7, 11) is 0. The lowest BCUT2D eigenvalue weighted by Gasteiger charge is -2.21. The van der Waals surface area contributed by atoms with E-state index in [0.717, 1.165) is 50.0 Å². The van der Waals surface area contributed by atoms with Gasteiger partial charge in [-0.1, -0.05) is 38.8 Å². The molecule has 1 aromatic carbocycles. The second kappa shape index (κ2) is 10.4. The van der Waals surface area contributed by atoms with Gasteiger partial charge in [0.05, 0.1) is 6.54 Å². The molecule has 0 bridgehead atoms. The third-order valence-corrected chi connectivity index (χ3v) is 3.50. The van der Waals surface area contributed by atoms with Crippen molar-refractivity contribution >= 4 is 11.6 Å². The van der Waals surface area contributed by atoms with Crippen molar-refractivity contribution in [2.75, 3.05) is 25.0 Å². The normalized spacial score (nSPS) is 10.9. The molecule has 0 radical (unpaired) electrons. The van der Waals surface area contributed by atoms with E-state index in [2.05, 4.69) is 24.1 Å². The Kier molecular flexibility index (Phi) is 8.71. The molecule has 0 aliphatic heterocycles. The molecule has 1 aromatic rings. The Morgan fingerprint density at radius 1 is 1.10 bits per heavy atom. The van der Waals surface area contributed by atoms with Crippen LogP contribution >= 0.6 is 0 Å². The number of rotatable bonds is 10. The maximum Gasteiger partial charge on any atom is 0.238 e. The number of nitrogens with zero attached hydrogens (tertiary/aromatic N) is 1. The van der Waals surface area contributed by atoms with Crippen LogP contribution in [0.5, 0.6) is 0 Å². The third-order valence-electron chi connectivity index (χ3n) is 3.50. The summed E-state index contributed by atoms with van der Waals surface area (Å²) >= 11 is 0. The second-order valence-electron chi connectivity index (χ2n) is 5.43. The number of hydrogen-bond donors (Lipinski definition) is 2. The van der Waals surface area contributed by atoms with Crippen LogP contribution in [0, 0.1) is 0 Å². The van der Waals surface area contributed by atoms with Gasteiger partial charge >= 0.3 is 0 Å². The highest BCUT2D eigenvalue weighted by Crippen LogP contribution is 2.09. The van der Waals surface area contributed by atoms with Gasteiger partial charge < -0.3 is 11.1 Å². The van der Waals surface area contributed by atoms with Gasteiger partial charge in [0, 0.05) is 12.2 Å². The molecule has 118 valence electrons. The molecule has 1 rings (SSSR count). The summed E-state index contributed by atoms with van der Waals surface area (Å²) < 4.78 is 0. The van der Waals surface area contributed by atoms with Gasteiger partial charge in [-0.2, -0.15) is 0 Å². The SMILES string of the molecule is CCCCN(CCCC)CC(=O)Nc1ccc(CN)cc1. The van der Waals surface area contributed by atoms with Crippen LogP contribution in [0.3, 0.4) is 0 Å². The Hall–Kier alpha value is -1.39. The van der Waals surface area contributed by atoms with E-state index in [1.54, 1.807) is 0 Å². The van der Waals surface area contributed by atoms with E-state index in [0.29, 0.717) is 13.1 Å². The lowest BCUT2D eigenvalue weighted by atomic mass is 10.2. The van der Waals surface area contributed by atoms with Gasteiger partial charge in [-0.3, -0.25) is 9.69 Å². The highest BCUT2D eigenvalue weighted by Gasteiger charge is 2.10. The molecule has 0 aliphatic carbocycles. The van der Waals surface area contributed by atoms with Crippen molar-refractivity contribution in [3.63, 3.8) is 0 Å². The first-order valence-electron chi connectivity index (χ1n) is 8.00. The van der Waals surface area contributed by atoms with Crippen LogP contribution in [-0.4, -0.2) is 30.4 Å². The predicted molar refractivity (Wildman–Crippen MR) is 89.2 cm³/mol. The Morgan fingerprint density at radius 3 is 2.14 bits per heavy atom. The smallest absolute Gasteiger partial charge is 0.238 e. The molecule has 0 atom stereocenters. The number of amides is 1. The molecule has 1 amide bonds. The first kappa shape index (κ1) is 17.7. The van der Waals surface area contributed by atoms with Crippen LogP contribution in [0.4, 0.5) is 5.69 Å². The van der Waals surface area contributed by atoms with Crippen molar-refractivity contribution in [1.29, 1.82) is 0 Å². The monoisotopic (exact) mass is 291 g/mol. The molecule has 0 saturated heterocycles. The molecular weight excluding hydrogens is 262 g/mol. The van der Waals surface area contributed by atoms with E-state index in [9.17, 15) is 4.79 Å². The lowest BCUT2D eigenvalue weighted by molar-refractivity contribution is -0.117. The number of nitrogens with two attached hydrogens (primary N) is 1. The van der Waals surface area contributed by atoms with E-state index in [1.807, 2.05) is 24.3 Å². The van der Waals surface area contributed by atoms with Gasteiger partial charge in [-0.05, 0) is 43.6 Å². The van der Waals surface area contributed by atoms with Gasteiger partial charge in [0.1, 0.15) is 0 Å². The fourth-order valence-electron chi connectivity index (χ4n) is 2.16. The average Bonchev–Trinajstić information content (AvgIpc) is 2.50. The summed E-state index contributed by atoms with van der Waals surface area (Å²) in [6, 6.07) is 7.70. The van der Waals surface area contributed by atoms with Gasteiger partial charge in [0.25, 0.3) is 0 Å². The van der Waals surface area contributed by atoms with Crippen molar-refractivity contribution in [3.8, 4) is 0 Å². The average molecular weight is 291 g/mol. The van der Waals surface area contributed by atoms with Gasteiger partial charge in [0.15, 0.2) is 0 Å². The fraction of sp³-hybridized carbons (Fsp3) is 0.588. The molecule has 0 saturated carbocycles. The minimum Gasteiger partial charge on any atom is -0.326 e. The summed E-state index contributed by atoms with van der Waals surface area (Å²) in [6.07, 6.45) is 4.60. The predicted octanol–water partition coefficient (Wildman–Crippen LogP) is 2.99. The van der Waals surface area contributed by atoms with Gasteiger partial charge in [0.2, 0.25) is 5.91 Å². The van der Waals surface area contributed by atoms with E-state index >= 15 is 0 Å². The van der Waals surface area contributed by atoms with Crippen LogP contribution < -0.4 is 11.1 Å². The standard InChI is InChI=1S/C17H29N3O/c1-3-5-11-20(12-6-4-2)14-17(21)19-16-9-7-15(13-18)8-10-16/h7-10H,3-6,11-14,18H2,1-2H3,(H,19,21). The van der Waals surface area contributed by atoms with Gasteiger partial charge in [-0.15, -0.1) is 0 Å². The number of anilines is 1. The zero-order valence-electron chi connectivity index (χ0n) is 13.4. The van der Waals surface area contributed by atoms with Crippen LogP contribution in [-0.2, 0) is 11.3 Å². The second-order valence-corrected chi connectivity index (χ2v) is 5.43. The minimum absolute atomic E-state index is 0.0581. The minimum atomic E-state index is 0.0581. The van der Waals surface area contributed by atoms with Crippen molar-refractivity contribution in [2.45, 2.75) is 46.1 Å². The Bertz CT molecular complexity index is 395. The maximum atomic E-state index is 12.1. The van der Waals surface area contributed by atoms with Crippen molar-refractivity contribution in [1.82, 2.24) is 4.90 Å². The molecule has 4 heteroatoms. The molecule has 0 aromatic heterocycles. The van der Waals surface area contributed by atoms with E-state index < -0.39 is 0 Å². The summed E-state index contributed by atoms with van der Waals surface area (Å²) in [6.45, 7) is 7.34. The van der Waals surface area contributed by atoms with E-state index in [4.69, 9.17) is 5.73 Å². The molecular formula is C17H29N3O. The highest BCUT2D eigenvalue weighted by atomic mass is 16.2. The summed E-state index contributed by atoms with van der Waals surface area (Å²) in [5.74, 6) is 0.0581. The molecule has 21 heavy (non-hydrogen) atoms. The maximum absolute atomic E-state index is 12.1. The van der Waals surface area contributed by atoms with Crippen LogP contribution in [0.2, 0.25) is 0 Å². The molecule has 0 heterocycles. The first-order chi connectivity index (χ1) is 10.2. The number of carbonyl (C=O) groups is 1. The number of nitrogens with one attached hydrogen (secondary N) is 1. The quantitative estimate of drug-likeness (QED) is 0.697. The Labute approximate surface area is 128 Å². The molecule has 0 fully saturated rings. The molecule has 0 spiro atoms. The zero-order valence-corrected chi connectivity index (χ0v) is 13.4.